The molecule has 106 valence electrons. The van der Waals surface area contributed by atoms with Gasteiger partial charge in [0, 0.05) is 6.08 Å². The summed E-state index contributed by atoms with van der Waals surface area (Å²) >= 11 is 0. The van der Waals surface area contributed by atoms with Crippen molar-refractivity contribution in [3.05, 3.63) is 12.7 Å². The largest absolute Gasteiger partial charge is 0.474 e. The molecule has 0 bridgehead atoms. The Bertz CT molecular complexity index is 281. The van der Waals surface area contributed by atoms with Crippen LogP contribution in [0.15, 0.2) is 12.7 Å². The van der Waals surface area contributed by atoms with Crippen molar-refractivity contribution in [2.24, 2.45) is 0 Å². The summed E-state index contributed by atoms with van der Waals surface area (Å²) in [5.41, 5.74) is 0. The van der Waals surface area contributed by atoms with Crippen molar-refractivity contribution in [1.82, 2.24) is 0 Å². The quantitative estimate of drug-likeness (QED) is 0.251. The monoisotopic (exact) mass is 280 g/mol. The topological polar surface area (TPSA) is 71.1 Å². The highest BCUT2D eigenvalue weighted by atomic mass is 31.2. The molecule has 0 fully saturated rings. The van der Waals surface area contributed by atoms with Crippen molar-refractivity contribution in [1.29, 1.82) is 0 Å². The molecule has 0 unspecified atom stereocenters. The zero-order chi connectivity index (χ0) is 13.9. The molecular weight excluding hydrogens is 259 g/mol. The summed E-state index contributed by atoms with van der Waals surface area (Å²) in [5.74, 6) is -0.453. The lowest BCUT2D eigenvalue weighted by Crippen LogP contribution is -2.04. The lowest BCUT2D eigenvalue weighted by Gasteiger charge is -2.16. The van der Waals surface area contributed by atoms with Crippen LogP contribution in [-0.4, -0.2) is 32.4 Å². The fourth-order valence-electron chi connectivity index (χ4n) is 1.04. The normalized spacial score (nSPS) is 11.2. The van der Waals surface area contributed by atoms with E-state index in [1.54, 1.807) is 13.8 Å². The third-order valence-corrected chi connectivity index (χ3v) is 3.42. The van der Waals surface area contributed by atoms with Crippen LogP contribution in [-0.2, 0) is 27.7 Å². The number of rotatable bonds is 11. The maximum atomic E-state index is 11.8. The Kier molecular flexibility index (Phi) is 9.87. The van der Waals surface area contributed by atoms with Gasteiger partial charge in [0.25, 0.3) is 0 Å². The lowest BCUT2D eigenvalue weighted by molar-refractivity contribution is -0.137. The van der Waals surface area contributed by atoms with Gasteiger partial charge >= 0.3 is 13.8 Å². The molecule has 0 aromatic heterocycles. The van der Waals surface area contributed by atoms with Gasteiger partial charge in [-0.2, -0.15) is 0 Å². The maximum absolute atomic E-state index is 11.8. The van der Waals surface area contributed by atoms with Crippen LogP contribution in [0, 0.1) is 0 Å². The third kappa shape index (κ3) is 8.42. The van der Waals surface area contributed by atoms with Crippen molar-refractivity contribution in [2.45, 2.75) is 26.7 Å². The van der Waals surface area contributed by atoms with E-state index in [4.69, 9.17) is 18.3 Å². The van der Waals surface area contributed by atoms with Crippen LogP contribution in [0.2, 0.25) is 0 Å². The van der Waals surface area contributed by atoms with Crippen molar-refractivity contribution >= 4 is 13.8 Å². The first kappa shape index (κ1) is 17.3. The molecule has 0 saturated heterocycles. The first-order chi connectivity index (χ1) is 8.58. The van der Waals surface area contributed by atoms with E-state index in [0.717, 1.165) is 6.08 Å². The SMILES string of the molecule is C=CC(=O)OCCCCOP(=O)(OCC)OCC. The minimum atomic E-state index is -3.42. The summed E-state index contributed by atoms with van der Waals surface area (Å²) in [6.45, 7) is 7.72. The second-order valence-electron chi connectivity index (χ2n) is 3.19. The average Bonchev–Trinajstić information content (AvgIpc) is 2.33. The molecule has 0 aromatic rings. The summed E-state index contributed by atoms with van der Waals surface area (Å²) in [5, 5.41) is 0. The Labute approximate surface area is 108 Å². The van der Waals surface area contributed by atoms with Crippen LogP contribution in [0.25, 0.3) is 0 Å². The fourth-order valence-corrected chi connectivity index (χ4v) is 2.25. The maximum Gasteiger partial charge on any atom is 0.474 e. The minimum Gasteiger partial charge on any atom is -0.463 e. The zero-order valence-electron chi connectivity index (χ0n) is 10.9. The Morgan fingerprint density at radius 2 is 1.67 bits per heavy atom. The number of carbonyl (C=O) groups is 1. The molecule has 0 aliphatic heterocycles. The van der Waals surface area contributed by atoms with E-state index in [-0.39, 0.29) is 26.4 Å². The number of phosphoric acid groups is 1. The number of ether oxygens (including phenoxy) is 1. The van der Waals surface area contributed by atoms with Gasteiger partial charge in [0.05, 0.1) is 26.4 Å². The molecule has 0 saturated carbocycles. The molecule has 0 N–H and O–H groups in total. The molecule has 0 spiro atoms. The summed E-state index contributed by atoms with van der Waals surface area (Å²) in [6, 6.07) is 0. The molecule has 0 aromatic carbocycles. The first-order valence-corrected chi connectivity index (χ1v) is 7.36. The van der Waals surface area contributed by atoms with E-state index in [1.165, 1.54) is 0 Å². The molecule has 6 nitrogen and oxygen atoms in total. The Morgan fingerprint density at radius 3 is 2.17 bits per heavy atom. The molecule has 0 aliphatic carbocycles. The highest BCUT2D eigenvalue weighted by Gasteiger charge is 2.24. The van der Waals surface area contributed by atoms with Gasteiger partial charge in [-0.1, -0.05) is 6.58 Å². The smallest absolute Gasteiger partial charge is 0.463 e. The Balaban J connectivity index is 3.70. The number of esters is 1. The van der Waals surface area contributed by atoms with Gasteiger partial charge in [-0.25, -0.2) is 9.36 Å². The molecule has 0 atom stereocenters. The number of unbranched alkanes of at least 4 members (excludes halogenated alkanes) is 1. The van der Waals surface area contributed by atoms with Gasteiger partial charge in [0.15, 0.2) is 0 Å². The standard InChI is InChI=1S/C11H21O6P/c1-4-11(12)14-9-7-8-10-17-18(13,15-5-2)16-6-3/h4H,1,5-10H2,2-3H3. The summed E-state index contributed by atoms with van der Waals surface area (Å²) in [7, 11) is -3.42. The van der Waals surface area contributed by atoms with Gasteiger partial charge in [-0.05, 0) is 26.7 Å². The Morgan fingerprint density at radius 1 is 1.11 bits per heavy atom. The second-order valence-corrected chi connectivity index (χ2v) is 4.86. The van der Waals surface area contributed by atoms with Gasteiger partial charge in [-0.3, -0.25) is 13.6 Å². The predicted octanol–water partition coefficient (Wildman–Crippen LogP) is 2.69. The van der Waals surface area contributed by atoms with E-state index >= 15 is 0 Å². The molecular formula is C11H21O6P. The zero-order valence-corrected chi connectivity index (χ0v) is 11.8. The van der Waals surface area contributed by atoms with Crippen LogP contribution in [0.3, 0.4) is 0 Å². The van der Waals surface area contributed by atoms with Crippen LogP contribution in [0.5, 0.6) is 0 Å². The van der Waals surface area contributed by atoms with Crippen molar-refractivity contribution in [3.63, 3.8) is 0 Å². The van der Waals surface area contributed by atoms with E-state index in [0.29, 0.717) is 12.8 Å². The molecule has 0 amide bonds. The minimum absolute atomic E-state index is 0.225. The van der Waals surface area contributed by atoms with Gasteiger partial charge in [0.1, 0.15) is 0 Å². The van der Waals surface area contributed by atoms with Gasteiger partial charge in [0.2, 0.25) is 0 Å². The first-order valence-electron chi connectivity index (χ1n) is 5.90. The fraction of sp³-hybridized carbons (Fsp3) is 0.727. The average molecular weight is 280 g/mol. The highest BCUT2D eigenvalue weighted by molar-refractivity contribution is 7.48. The molecule has 0 rings (SSSR count). The van der Waals surface area contributed by atoms with E-state index in [2.05, 4.69) is 6.58 Å². The summed E-state index contributed by atoms with van der Waals surface area (Å²) in [6.07, 6.45) is 2.31. The number of carbonyl (C=O) groups excluding carboxylic acids is 1. The second kappa shape index (κ2) is 10.3. The molecule has 0 aliphatic rings. The van der Waals surface area contributed by atoms with E-state index in [1.807, 2.05) is 0 Å². The Hall–Kier alpha value is -0.680. The van der Waals surface area contributed by atoms with Crippen molar-refractivity contribution in [3.8, 4) is 0 Å². The van der Waals surface area contributed by atoms with Crippen LogP contribution < -0.4 is 0 Å². The third-order valence-electron chi connectivity index (χ3n) is 1.77. The number of hydrogen-bond donors (Lipinski definition) is 0. The van der Waals surface area contributed by atoms with Crippen molar-refractivity contribution < 1.29 is 27.7 Å². The molecule has 7 heteroatoms. The summed E-state index contributed by atoms with van der Waals surface area (Å²) in [4.78, 5) is 10.7. The number of phosphoric ester groups is 1. The van der Waals surface area contributed by atoms with E-state index < -0.39 is 13.8 Å². The van der Waals surface area contributed by atoms with Gasteiger partial charge < -0.3 is 4.74 Å². The van der Waals surface area contributed by atoms with Crippen molar-refractivity contribution in [2.75, 3.05) is 26.4 Å². The molecule has 0 radical (unpaired) electrons. The van der Waals surface area contributed by atoms with Gasteiger partial charge in [-0.15, -0.1) is 0 Å². The predicted molar refractivity (Wildman–Crippen MR) is 67.2 cm³/mol. The van der Waals surface area contributed by atoms with E-state index in [9.17, 15) is 9.36 Å². The van der Waals surface area contributed by atoms with Crippen LogP contribution >= 0.6 is 7.82 Å². The molecule has 18 heavy (non-hydrogen) atoms. The number of hydrogen-bond acceptors (Lipinski definition) is 6. The lowest BCUT2D eigenvalue weighted by atomic mass is 10.3. The molecule has 0 heterocycles. The highest BCUT2D eigenvalue weighted by Crippen LogP contribution is 2.49. The van der Waals surface area contributed by atoms with Crippen LogP contribution in [0.1, 0.15) is 26.7 Å². The van der Waals surface area contributed by atoms with Crippen LogP contribution in [0.4, 0.5) is 0 Å². The summed E-state index contributed by atoms with van der Waals surface area (Å²) < 4.78 is 31.6.